The van der Waals surface area contributed by atoms with E-state index in [2.05, 4.69) is 0 Å². The van der Waals surface area contributed by atoms with Gasteiger partial charge < -0.3 is 0 Å². The van der Waals surface area contributed by atoms with Crippen LogP contribution in [-0.2, 0) is 0 Å². The number of rotatable bonds is 0. The molecule has 0 aromatic rings. The molecule has 1 fully saturated rings. The molecule has 80 valence electrons. The van der Waals surface area contributed by atoms with Crippen LogP contribution >= 0.6 is 0 Å². The lowest BCUT2D eigenvalue weighted by molar-refractivity contribution is -0.195. The molecule has 0 aromatic carbocycles. The molecule has 0 aliphatic heterocycles. The molecule has 2 aliphatic carbocycles. The van der Waals surface area contributed by atoms with Crippen molar-refractivity contribution in [2.75, 3.05) is 0 Å². The van der Waals surface area contributed by atoms with E-state index in [4.69, 9.17) is 0 Å². The van der Waals surface area contributed by atoms with Gasteiger partial charge in [0.1, 0.15) is 0 Å². The predicted octanol–water partition coefficient (Wildman–Crippen LogP) is 3.93. The Morgan fingerprint density at radius 1 is 1.07 bits per heavy atom. The Kier molecular flexibility index (Phi) is 2.58. The first kappa shape index (κ1) is 10.1. The molecule has 0 heterocycles. The molecule has 0 bridgehead atoms. The summed E-state index contributed by atoms with van der Waals surface area (Å²) in [6, 6.07) is 0. The van der Waals surface area contributed by atoms with Crippen molar-refractivity contribution < 1.29 is 13.2 Å². The van der Waals surface area contributed by atoms with Crippen LogP contribution in [0.2, 0.25) is 0 Å². The lowest BCUT2D eigenvalue weighted by Gasteiger charge is -2.39. The van der Waals surface area contributed by atoms with Gasteiger partial charge in [-0.15, -0.1) is 0 Å². The molecule has 0 aromatic heterocycles. The summed E-state index contributed by atoms with van der Waals surface area (Å²) < 4.78 is 38.0. The van der Waals surface area contributed by atoms with Gasteiger partial charge in [-0.1, -0.05) is 25.0 Å². The summed E-state index contributed by atoms with van der Waals surface area (Å²) in [4.78, 5) is 0. The molecule has 2 rings (SSSR count). The Morgan fingerprint density at radius 3 is 2.50 bits per heavy atom. The molecule has 3 unspecified atom stereocenters. The highest BCUT2D eigenvalue weighted by Gasteiger charge is 2.47. The minimum atomic E-state index is -4.00. The van der Waals surface area contributed by atoms with Crippen molar-refractivity contribution in [3.8, 4) is 0 Å². The molecule has 2 aliphatic rings. The Balaban J connectivity index is 2.15. The molecule has 1 saturated carbocycles. The Hall–Kier alpha value is -0.470. The molecule has 0 amide bonds. The number of fused-ring (bicyclic) bond motifs is 1. The van der Waals surface area contributed by atoms with Crippen LogP contribution in [0.4, 0.5) is 13.2 Å². The van der Waals surface area contributed by atoms with E-state index < -0.39 is 12.1 Å². The first-order valence-electron chi connectivity index (χ1n) is 5.32. The van der Waals surface area contributed by atoms with E-state index in [0.717, 1.165) is 25.7 Å². The molecular formula is C11H15F3. The maximum atomic E-state index is 12.7. The quantitative estimate of drug-likeness (QED) is 0.524. The number of hydrogen-bond donors (Lipinski definition) is 0. The summed E-state index contributed by atoms with van der Waals surface area (Å²) in [6.45, 7) is 0. The predicted molar refractivity (Wildman–Crippen MR) is 48.8 cm³/mol. The van der Waals surface area contributed by atoms with E-state index in [1.807, 2.05) is 6.08 Å². The molecule has 3 heteroatoms. The van der Waals surface area contributed by atoms with E-state index in [9.17, 15) is 13.2 Å². The maximum absolute atomic E-state index is 12.7. The first-order valence-corrected chi connectivity index (χ1v) is 5.32. The molecule has 14 heavy (non-hydrogen) atoms. The van der Waals surface area contributed by atoms with Crippen molar-refractivity contribution in [3.05, 3.63) is 12.2 Å². The normalized spacial score (nSPS) is 38.1. The first-order chi connectivity index (χ1) is 6.59. The van der Waals surface area contributed by atoms with Gasteiger partial charge >= 0.3 is 6.18 Å². The Labute approximate surface area is 82.2 Å². The minimum Gasteiger partial charge on any atom is -0.171 e. The van der Waals surface area contributed by atoms with E-state index >= 15 is 0 Å². The van der Waals surface area contributed by atoms with Crippen LogP contribution in [0, 0.1) is 17.8 Å². The third kappa shape index (κ3) is 1.82. The summed E-state index contributed by atoms with van der Waals surface area (Å²) in [6.07, 6.45) is 3.72. The fraction of sp³-hybridized carbons (Fsp3) is 0.818. The topological polar surface area (TPSA) is 0 Å². The summed E-state index contributed by atoms with van der Waals surface area (Å²) in [5.41, 5.74) is 0. The fourth-order valence-corrected chi connectivity index (χ4v) is 2.88. The van der Waals surface area contributed by atoms with Gasteiger partial charge in [-0.3, -0.25) is 0 Å². The molecular weight excluding hydrogens is 189 g/mol. The van der Waals surface area contributed by atoms with Crippen LogP contribution in [0.3, 0.4) is 0 Å². The van der Waals surface area contributed by atoms with Crippen molar-refractivity contribution in [3.63, 3.8) is 0 Å². The van der Waals surface area contributed by atoms with Gasteiger partial charge in [0.2, 0.25) is 0 Å². The molecule has 0 saturated heterocycles. The lowest BCUT2D eigenvalue weighted by Crippen LogP contribution is -2.37. The van der Waals surface area contributed by atoms with E-state index in [1.54, 1.807) is 6.08 Å². The Bertz CT molecular complexity index is 229. The molecule has 0 N–H and O–H groups in total. The SMILES string of the molecule is FC(F)(F)C1CC=CC2CCCCC21. The maximum Gasteiger partial charge on any atom is 0.392 e. The van der Waals surface area contributed by atoms with Crippen LogP contribution in [0.15, 0.2) is 12.2 Å². The average Bonchev–Trinajstić information content (AvgIpc) is 2.15. The summed E-state index contributed by atoms with van der Waals surface area (Å²) in [5.74, 6) is -1.00. The zero-order valence-corrected chi connectivity index (χ0v) is 8.06. The summed E-state index contributed by atoms with van der Waals surface area (Å²) >= 11 is 0. The van der Waals surface area contributed by atoms with Crippen molar-refractivity contribution in [1.82, 2.24) is 0 Å². The van der Waals surface area contributed by atoms with Crippen molar-refractivity contribution in [2.45, 2.75) is 38.3 Å². The lowest BCUT2D eigenvalue weighted by atomic mass is 9.68. The number of allylic oxidation sites excluding steroid dienone is 2. The molecule has 0 nitrogen and oxygen atoms in total. The van der Waals surface area contributed by atoms with Crippen LogP contribution in [0.25, 0.3) is 0 Å². The highest BCUT2D eigenvalue weighted by atomic mass is 19.4. The summed E-state index contributed by atoms with van der Waals surface area (Å²) in [5, 5.41) is 0. The highest BCUT2D eigenvalue weighted by molar-refractivity contribution is 5.03. The second-order valence-electron chi connectivity index (χ2n) is 4.42. The van der Waals surface area contributed by atoms with Crippen molar-refractivity contribution in [1.29, 1.82) is 0 Å². The van der Waals surface area contributed by atoms with Crippen molar-refractivity contribution >= 4 is 0 Å². The second-order valence-corrected chi connectivity index (χ2v) is 4.42. The monoisotopic (exact) mass is 204 g/mol. The number of hydrogen-bond acceptors (Lipinski definition) is 0. The third-order valence-corrected chi connectivity index (χ3v) is 3.59. The van der Waals surface area contributed by atoms with Crippen LogP contribution in [0.5, 0.6) is 0 Å². The van der Waals surface area contributed by atoms with Crippen LogP contribution in [0.1, 0.15) is 32.1 Å². The largest absolute Gasteiger partial charge is 0.392 e. The third-order valence-electron chi connectivity index (χ3n) is 3.59. The second kappa shape index (κ2) is 3.59. The van der Waals surface area contributed by atoms with E-state index in [0.29, 0.717) is 0 Å². The molecule has 0 radical (unpaired) electrons. The molecule has 3 atom stereocenters. The average molecular weight is 204 g/mol. The fourth-order valence-electron chi connectivity index (χ4n) is 2.88. The van der Waals surface area contributed by atoms with Gasteiger partial charge in [0.25, 0.3) is 0 Å². The smallest absolute Gasteiger partial charge is 0.171 e. The number of alkyl halides is 3. The number of halogens is 3. The highest BCUT2D eigenvalue weighted by Crippen LogP contribution is 2.47. The van der Waals surface area contributed by atoms with Gasteiger partial charge in [-0.2, -0.15) is 13.2 Å². The van der Waals surface area contributed by atoms with Gasteiger partial charge in [0, 0.05) is 0 Å². The van der Waals surface area contributed by atoms with E-state index in [-0.39, 0.29) is 18.3 Å². The minimum absolute atomic E-state index is 0.131. The standard InChI is InChI=1S/C11H15F3/c12-11(13,14)10-7-3-5-8-4-1-2-6-9(8)10/h3,5,8-10H,1-2,4,6-7H2. The zero-order valence-electron chi connectivity index (χ0n) is 8.06. The van der Waals surface area contributed by atoms with Gasteiger partial charge in [0.15, 0.2) is 0 Å². The van der Waals surface area contributed by atoms with Crippen LogP contribution < -0.4 is 0 Å². The van der Waals surface area contributed by atoms with Gasteiger partial charge in [-0.05, 0) is 31.1 Å². The van der Waals surface area contributed by atoms with Crippen LogP contribution in [-0.4, -0.2) is 6.18 Å². The Morgan fingerprint density at radius 2 is 1.79 bits per heavy atom. The van der Waals surface area contributed by atoms with Gasteiger partial charge in [-0.25, -0.2) is 0 Å². The zero-order chi connectivity index (χ0) is 10.2. The molecule has 0 spiro atoms. The summed E-state index contributed by atoms with van der Waals surface area (Å²) in [7, 11) is 0. The van der Waals surface area contributed by atoms with Gasteiger partial charge in [0.05, 0.1) is 5.92 Å². The van der Waals surface area contributed by atoms with E-state index in [1.165, 1.54) is 0 Å². The van der Waals surface area contributed by atoms with Crippen molar-refractivity contribution in [2.24, 2.45) is 17.8 Å².